The van der Waals surface area contributed by atoms with Crippen molar-refractivity contribution in [3.63, 3.8) is 0 Å². The van der Waals surface area contributed by atoms with Gasteiger partial charge in [-0.05, 0) is 115 Å². The molecule has 1 amide bonds. The molecule has 0 spiro atoms. The molecule has 12 N–H and O–H groups in total. The minimum atomic E-state index is -1.96. The standard InChI is InChI=1S/C11H18O4.2C10H16O4.C9H13NO7.2C9H14O4.C8H12O5.CH4.4Na/c1-5-15-11(14)9(6-7(2)3)10(13)8(4)12;2*1-6(2)5-8(10(13)14-4)9(12)7(3)11;1-4(11)2-5(9(16)17)7(14)8(15)10-3-6(12)13;2*1-5(2)4-7(9(12)13)8(11)6(3)10;1-4(9)3-6(8(12)13)7(11)5(2)10;;;;;/h9-10,13H,2,5-6H2,1,3-4H3;2*8-9,12H,1,5H2,2-4H3;5,7,11,14H,1-3H2,(H,10,15)(H,12,13)(H,16,17);2*7-8,11H,1,4H2,2-3H3,(H,12,13);6-7,9,11H,1,3H2,2H3,(H,12,13);1H4;;;;/q;;;;;;;;4*+1/p-3. The van der Waals surface area contributed by atoms with Crippen LogP contribution in [0.4, 0.5) is 0 Å². The number of esters is 3. The molecule has 0 saturated carbocycles. The molecule has 0 rings (SSSR count). The van der Waals surface area contributed by atoms with Crippen molar-refractivity contribution in [2.75, 3.05) is 27.4 Å². The zero-order valence-electron chi connectivity index (χ0n) is 62.4. The Kier molecular flexibility index (Phi) is 82.3. The second-order valence-corrected chi connectivity index (χ2v) is 22.6. The van der Waals surface area contributed by atoms with E-state index in [1.54, 1.807) is 41.5 Å². The normalized spacial score (nSPS) is 13.6. The van der Waals surface area contributed by atoms with Crippen LogP contribution in [0.3, 0.4) is 0 Å². The van der Waals surface area contributed by atoms with Crippen molar-refractivity contribution < 1.29 is 276 Å². The summed E-state index contributed by atoms with van der Waals surface area (Å²) in [5.41, 5.74) is 3.36. The SMILES string of the molecule is C.C=C(C)CC(C(=O)OC)C(O)C(C)=O.C=C(C)CC(C(=O)OC)C(O)C(C)=O.C=C(C)CC(C(=O)OCC)C(O)C(C)=O.C=C(C)CC(C(=O)[O-])C(O)C(C)=O.C=C(C)CC(C(=O)[O-])C(O)C(C)=O.C=C(O)CC(C(=O)O)C(O)C(=O)NCC(=O)O.C=C(O)CC(C(=O)[O-])C(O)C(C)=O.[Na+].[Na+].[Na+].[Na+]. The Bertz CT molecular complexity index is 2690. The third kappa shape index (κ3) is 62.9. The molecular formula is C67H104NNa4O32+. The molecule has 0 aliphatic carbocycles. The van der Waals surface area contributed by atoms with Crippen LogP contribution >= 0.6 is 0 Å². The van der Waals surface area contributed by atoms with Gasteiger partial charge in [0.25, 0.3) is 0 Å². The smallest absolute Gasteiger partial charge is 0.550 e. The number of Topliss-reactive ketones (excluding diaryl/α,β-unsaturated/α-hetero) is 6. The van der Waals surface area contributed by atoms with Crippen molar-refractivity contribution >= 4 is 88.4 Å². The molecule has 0 aliphatic heterocycles. The number of ketones is 6. The number of hydrogen-bond donors (Lipinski definition) is 12. The van der Waals surface area contributed by atoms with Crippen LogP contribution in [0.15, 0.2) is 85.4 Å². The average molecular weight is 1530 g/mol. The first kappa shape index (κ1) is 125. The van der Waals surface area contributed by atoms with Gasteiger partial charge in [-0.2, -0.15) is 0 Å². The number of carbonyl (C=O) groups excluding carboxylic acids is 13. The first-order chi connectivity index (χ1) is 45.0. The molecule has 37 heteroatoms. The first-order valence-corrected chi connectivity index (χ1v) is 29.4. The van der Waals surface area contributed by atoms with Crippen LogP contribution in [0.5, 0.6) is 0 Å². The van der Waals surface area contributed by atoms with Crippen molar-refractivity contribution in [2.24, 2.45) is 41.4 Å². The van der Waals surface area contributed by atoms with E-state index in [0.717, 1.165) is 37.5 Å². The summed E-state index contributed by atoms with van der Waals surface area (Å²) in [5, 5.41) is 133. The second-order valence-electron chi connectivity index (χ2n) is 22.6. The molecule has 0 bridgehead atoms. The number of allylic oxidation sites excluding steroid dienone is 7. The van der Waals surface area contributed by atoms with Crippen molar-refractivity contribution in [3.05, 3.63) is 85.4 Å². The molecule has 0 heterocycles. The van der Waals surface area contributed by atoms with Crippen LogP contribution in [-0.4, -0.2) is 215 Å². The maximum Gasteiger partial charge on any atom is 1.00 e. The molecule has 0 saturated heterocycles. The van der Waals surface area contributed by atoms with Crippen LogP contribution in [0, 0.1) is 41.4 Å². The molecule has 0 aliphatic rings. The summed E-state index contributed by atoms with van der Waals surface area (Å²) < 4.78 is 13.8. The van der Waals surface area contributed by atoms with Crippen LogP contribution in [0.2, 0.25) is 0 Å². The Morgan fingerprint density at radius 1 is 0.346 bits per heavy atom. The summed E-state index contributed by atoms with van der Waals surface area (Å²) in [7, 11) is 2.45. The number of aliphatic carboxylic acids is 5. The Balaban J connectivity index is -0.0000000944. The minimum Gasteiger partial charge on any atom is -0.550 e. The van der Waals surface area contributed by atoms with Crippen molar-refractivity contribution in [3.8, 4) is 0 Å². The maximum atomic E-state index is 11.4. The summed E-state index contributed by atoms with van der Waals surface area (Å²) in [6.45, 7) is 40.7. The van der Waals surface area contributed by atoms with Gasteiger partial charge in [-0.1, -0.05) is 48.5 Å². The van der Waals surface area contributed by atoms with Gasteiger partial charge in [-0.15, -0.1) is 32.9 Å². The van der Waals surface area contributed by atoms with Crippen molar-refractivity contribution in [1.29, 1.82) is 0 Å². The predicted octanol–water partition coefficient (Wildman–Crippen LogP) is -12.9. The zero-order valence-corrected chi connectivity index (χ0v) is 70.4. The Hall–Kier alpha value is -5.25. The van der Waals surface area contributed by atoms with Gasteiger partial charge < -0.3 is 105 Å². The average Bonchev–Trinajstić information content (AvgIpc) is 0.935. The number of aliphatic hydroxyl groups is 9. The van der Waals surface area contributed by atoms with E-state index in [4.69, 9.17) is 30.3 Å². The number of aliphatic hydroxyl groups excluding tert-OH is 9. The molecule has 14 atom stereocenters. The van der Waals surface area contributed by atoms with Crippen molar-refractivity contribution in [1.82, 2.24) is 5.32 Å². The topological polar surface area (TPSA) is 587 Å². The van der Waals surface area contributed by atoms with Gasteiger partial charge in [0.15, 0.2) is 34.7 Å². The Labute approximate surface area is 695 Å². The number of methoxy groups -OCH3 is 2. The zero-order chi connectivity index (χ0) is 80.0. The monoisotopic (exact) mass is 1530 g/mol. The van der Waals surface area contributed by atoms with Gasteiger partial charge >= 0.3 is 148 Å². The van der Waals surface area contributed by atoms with E-state index in [-0.39, 0.29) is 171 Å². The largest absolute Gasteiger partial charge is 1.00 e. The maximum absolute atomic E-state index is 11.4. The van der Waals surface area contributed by atoms with E-state index in [0.29, 0.717) is 11.1 Å². The third-order valence-corrected chi connectivity index (χ3v) is 12.4. The number of carboxylic acids is 5. The van der Waals surface area contributed by atoms with Gasteiger partial charge in [0.1, 0.15) is 49.3 Å². The molecule has 0 aromatic carbocycles. The van der Waals surface area contributed by atoms with Crippen molar-refractivity contribution in [2.45, 2.75) is 178 Å². The summed E-state index contributed by atoms with van der Waals surface area (Å²) in [5.74, 6) is -22.1. The molecule has 104 heavy (non-hydrogen) atoms. The van der Waals surface area contributed by atoms with Crippen LogP contribution in [0.1, 0.15) is 135 Å². The van der Waals surface area contributed by atoms with E-state index < -0.39 is 197 Å². The van der Waals surface area contributed by atoms with Crippen LogP contribution in [-0.2, 0) is 86.1 Å². The molecule has 0 aromatic rings. The van der Waals surface area contributed by atoms with E-state index in [9.17, 15) is 118 Å². The molecule has 572 valence electrons. The summed E-state index contributed by atoms with van der Waals surface area (Å²) in [6.07, 6.45) is -10.5. The predicted molar refractivity (Wildman–Crippen MR) is 351 cm³/mol. The fourth-order valence-electron chi connectivity index (χ4n) is 7.36. The molecule has 14 unspecified atom stereocenters. The number of amides is 1. The Morgan fingerprint density at radius 2 is 0.548 bits per heavy atom. The molecule has 33 nitrogen and oxygen atoms in total. The fraction of sp³-hybridized carbons (Fsp3) is 0.567. The van der Waals surface area contributed by atoms with E-state index in [1.165, 1.54) is 35.0 Å². The first-order valence-electron chi connectivity index (χ1n) is 29.4. The number of carbonyl (C=O) groups is 15. The molecule has 0 radical (unpaired) electrons. The van der Waals surface area contributed by atoms with Crippen LogP contribution < -0.4 is 139 Å². The quantitative estimate of drug-likeness (QED) is 0.00898. The summed E-state index contributed by atoms with van der Waals surface area (Å²) in [4.78, 5) is 162. The number of carboxylic acid groups (broad SMARTS) is 5. The molecule has 0 fully saturated rings. The van der Waals surface area contributed by atoms with Gasteiger partial charge in [0, 0.05) is 48.5 Å². The van der Waals surface area contributed by atoms with Gasteiger partial charge in [-0.25, -0.2) is 0 Å². The van der Waals surface area contributed by atoms with Crippen LogP contribution in [0.25, 0.3) is 0 Å². The number of ether oxygens (including phenoxy) is 3. The summed E-state index contributed by atoms with van der Waals surface area (Å²) in [6, 6.07) is 0. The second kappa shape index (κ2) is 68.3. The number of rotatable bonds is 38. The minimum absolute atomic E-state index is 0. The van der Waals surface area contributed by atoms with E-state index in [2.05, 4.69) is 55.5 Å². The molecular weight excluding hydrogens is 1420 g/mol. The van der Waals surface area contributed by atoms with Gasteiger partial charge in [-0.3, -0.25) is 57.5 Å². The van der Waals surface area contributed by atoms with Gasteiger partial charge in [0.05, 0.1) is 56.0 Å². The number of hydrogen-bond acceptors (Lipinski definition) is 30. The van der Waals surface area contributed by atoms with E-state index >= 15 is 0 Å². The van der Waals surface area contributed by atoms with E-state index in [1.807, 2.05) is 5.32 Å². The Morgan fingerprint density at radius 3 is 0.721 bits per heavy atom. The summed E-state index contributed by atoms with van der Waals surface area (Å²) >= 11 is 0. The van der Waals surface area contributed by atoms with Gasteiger partial charge in [0.2, 0.25) is 5.91 Å². The fourth-order valence-corrected chi connectivity index (χ4v) is 7.36. The molecule has 0 aromatic heterocycles. The third-order valence-electron chi connectivity index (χ3n) is 12.4. The number of nitrogens with one attached hydrogen (secondary N) is 1.